The van der Waals surface area contributed by atoms with Crippen LogP contribution in [-0.4, -0.2) is 15.6 Å². The molecule has 2 heteroatoms. The zero-order valence-electron chi connectivity index (χ0n) is 7.73. The Morgan fingerprint density at radius 3 is 2.82 bits per heavy atom. The van der Waals surface area contributed by atoms with E-state index in [0.717, 1.165) is 12.1 Å². The molecule has 1 aliphatic rings. The average Bonchev–Trinajstić information content (AvgIpc) is 2.07. The summed E-state index contributed by atoms with van der Waals surface area (Å²) in [5.41, 5.74) is 0.880. The van der Waals surface area contributed by atoms with Crippen LogP contribution in [0, 0.1) is 0 Å². The van der Waals surface area contributed by atoms with Crippen LogP contribution >= 0.6 is 0 Å². The molecule has 0 N–H and O–H groups in total. The molecule has 11 heavy (non-hydrogen) atoms. The topological polar surface area (TPSA) is 9.23 Å². The van der Waals surface area contributed by atoms with Gasteiger partial charge in [0.15, 0.2) is 0 Å². The molecule has 1 aliphatic heterocycles. The van der Waals surface area contributed by atoms with Crippen molar-refractivity contribution in [1.82, 2.24) is 0 Å². The highest BCUT2D eigenvalue weighted by Gasteiger charge is 2.22. The van der Waals surface area contributed by atoms with E-state index in [1.807, 2.05) is 0 Å². The summed E-state index contributed by atoms with van der Waals surface area (Å²) in [7, 11) is -0.388. The Bertz CT molecular complexity index is 99.7. The minimum absolute atomic E-state index is 0.388. The van der Waals surface area contributed by atoms with E-state index in [4.69, 9.17) is 4.43 Å². The Hall–Kier alpha value is 0.177. The molecular weight excluding hydrogens is 152 g/mol. The van der Waals surface area contributed by atoms with Crippen LogP contribution in [0.25, 0.3) is 0 Å². The maximum Gasteiger partial charge on any atom is 0.214 e. The van der Waals surface area contributed by atoms with E-state index >= 15 is 0 Å². The van der Waals surface area contributed by atoms with E-state index in [-0.39, 0.29) is 9.04 Å². The van der Waals surface area contributed by atoms with Gasteiger partial charge in [-0.3, -0.25) is 0 Å². The van der Waals surface area contributed by atoms with Gasteiger partial charge in [0, 0.05) is 6.61 Å². The van der Waals surface area contributed by atoms with Crippen LogP contribution in [0.1, 0.15) is 39.5 Å². The Morgan fingerprint density at radius 1 is 1.45 bits per heavy atom. The van der Waals surface area contributed by atoms with Gasteiger partial charge in [0.1, 0.15) is 0 Å². The Morgan fingerprint density at radius 2 is 2.27 bits per heavy atom. The van der Waals surface area contributed by atoms with Gasteiger partial charge in [-0.2, -0.15) is 0 Å². The Labute approximate surface area is 71.9 Å². The molecule has 1 fully saturated rings. The lowest BCUT2D eigenvalue weighted by Gasteiger charge is -2.25. The van der Waals surface area contributed by atoms with Gasteiger partial charge in [0.05, 0.1) is 0 Å². The van der Waals surface area contributed by atoms with Crippen molar-refractivity contribution in [2.45, 2.75) is 51.1 Å². The lowest BCUT2D eigenvalue weighted by Crippen LogP contribution is -2.27. The van der Waals surface area contributed by atoms with Crippen LogP contribution in [0.2, 0.25) is 11.6 Å². The van der Waals surface area contributed by atoms with Crippen LogP contribution in [0.15, 0.2) is 0 Å². The van der Waals surface area contributed by atoms with E-state index in [1.165, 1.54) is 31.7 Å². The van der Waals surface area contributed by atoms with Crippen molar-refractivity contribution in [3.05, 3.63) is 0 Å². The zero-order valence-corrected chi connectivity index (χ0v) is 8.73. The van der Waals surface area contributed by atoms with Gasteiger partial charge < -0.3 is 4.43 Å². The molecule has 0 amide bonds. The van der Waals surface area contributed by atoms with Gasteiger partial charge in [0.25, 0.3) is 0 Å². The second kappa shape index (κ2) is 4.94. The molecule has 0 aromatic rings. The van der Waals surface area contributed by atoms with E-state index in [1.54, 1.807) is 0 Å². The Kier molecular flexibility index (Phi) is 4.16. The molecule has 1 rings (SSSR count). The summed E-state index contributed by atoms with van der Waals surface area (Å²) in [6.45, 7) is 5.67. The van der Waals surface area contributed by atoms with Crippen molar-refractivity contribution < 1.29 is 4.43 Å². The second-order valence-corrected chi connectivity index (χ2v) is 6.17. The van der Waals surface area contributed by atoms with Crippen molar-refractivity contribution >= 4 is 9.04 Å². The number of hydrogen-bond acceptors (Lipinski definition) is 1. The first-order chi connectivity index (χ1) is 5.34. The predicted molar refractivity (Wildman–Crippen MR) is 50.1 cm³/mol. The maximum atomic E-state index is 5.79. The standard InChI is InChI=1S/C9H19OSi/c1-3-6-9(2)11-8-5-4-7-10-11/h9H,3-8H2,1-2H3. The summed E-state index contributed by atoms with van der Waals surface area (Å²) >= 11 is 0. The largest absolute Gasteiger partial charge is 0.416 e. The Balaban J connectivity index is 2.21. The summed E-state index contributed by atoms with van der Waals surface area (Å²) < 4.78 is 5.79. The van der Waals surface area contributed by atoms with Gasteiger partial charge in [-0.05, 0) is 18.0 Å². The summed E-state index contributed by atoms with van der Waals surface area (Å²) in [6, 6.07) is 1.39. The smallest absolute Gasteiger partial charge is 0.214 e. The van der Waals surface area contributed by atoms with Crippen molar-refractivity contribution in [2.75, 3.05) is 6.61 Å². The first-order valence-corrected chi connectivity index (χ1v) is 6.52. The van der Waals surface area contributed by atoms with Crippen molar-refractivity contribution in [3.8, 4) is 0 Å². The first kappa shape index (κ1) is 9.27. The predicted octanol–water partition coefficient (Wildman–Crippen LogP) is 2.98. The van der Waals surface area contributed by atoms with Gasteiger partial charge in [-0.1, -0.05) is 33.1 Å². The fraction of sp³-hybridized carbons (Fsp3) is 1.00. The molecule has 65 valence electrons. The van der Waals surface area contributed by atoms with Gasteiger partial charge in [-0.15, -0.1) is 0 Å². The van der Waals surface area contributed by atoms with E-state index < -0.39 is 0 Å². The zero-order chi connectivity index (χ0) is 8.10. The highest BCUT2D eigenvalue weighted by molar-refractivity contribution is 6.53. The second-order valence-electron chi connectivity index (χ2n) is 3.46. The monoisotopic (exact) mass is 171 g/mol. The van der Waals surface area contributed by atoms with Gasteiger partial charge in [-0.25, -0.2) is 0 Å². The first-order valence-electron chi connectivity index (χ1n) is 4.83. The fourth-order valence-corrected chi connectivity index (χ4v) is 4.20. The van der Waals surface area contributed by atoms with Gasteiger partial charge in [0.2, 0.25) is 9.04 Å². The normalized spacial score (nSPS) is 23.5. The molecule has 0 aromatic carbocycles. The van der Waals surface area contributed by atoms with Crippen molar-refractivity contribution in [2.24, 2.45) is 0 Å². The number of hydrogen-bond donors (Lipinski definition) is 0. The third kappa shape index (κ3) is 2.95. The van der Waals surface area contributed by atoms with Crippen LogP contribution in [-0.2, 0) is 4.43 Å². The van der Waals surface area contributed by atoms with Crippen LogP contribution in [0.3, 0.4) is 0 Å². The molecule has 0 bridgehead atoms. The maximum absolute atomic E-state index is 5.79. The molecule has 0 saturated carbocycles. The molecule has 0 aromatic heterocycles. The summed E-state index contributed by atoms with van der Waals surface area (Å²) in [6.07, 6.45) is 5.41. The molecule has 1 atom stereocenters. The third-order valence-electron chi connectivity index (χ3n) is 2.38. The molecule has 0 spiro atoms. The molecule has 1 unspecified atom stereocenters. The van der Waals surface area contributed by atoms with E-state index in [2.05, 4.69) is 13.8 Å². The SMILES string of the molecule is CCCC(C)[Si]1CCCCO1. The molecule has 1 saturated heterocycles. The molecule has 1 heterocycles. The van der Waals surface area contributed by atoms with Crippen LogP contribution in [0.4, 0.5) is 0 Å². The van der Waals surface area contributed by atoms with E-state index in [0.29, 0.717) is 0 Å². The summed E-state index contributed by atoms with van der Waals surface area (Å²) in [5, 5.41) is 0. The highest BCUT2D eigenvalue weighted by atomic mass is 28.3. The summed E-state index contributed by atoms with van der Waals surface area (Å²) in [4.78, 5) is 0. The molecule has 1 radical (unpaired) electrons. The minimum atomic E-state index is -0.388. The van der Waals surface area contributed by atoms with Gasteiger partial charge >= 0.3 is 0 Å². The third-order valence-corrected chi connectivity index (χ3v) is 5.19. The lowest BCUT2D eigenvalue weighted by molar-refractivity contribution is 0.279. The lowest BCUT2D eigenvalue weighted by atomic mass is 10.3. The highest BCUT2D eigenvalue weighted by Crippen LogP contribution is 2.24. The fourth-order valence-electron chi connectivity index (χ4n) is 1.66. The van der Waals surface area contributed by atoms with Crippen LogP contribution in [0.5, 0.6) is 0 Å². The van der Waals surface area contributed by atoms with Crippen LogP contribution < -0.4 is 0 Å². The van der Waals surface area contributed by atoms with Crippen molar-refractivity contribution in [3.63, 3.8) is 0 Å². The quantitative estimate of drug-likeness (QED) is 0.593. The molecule has 1 nitrogen and oxygen atoms in total. The van der Waals surface area contributed by atoms with Crippen molar-refractivity contribution in [1.29, 1.82) is 0 Å². The average molecular weight is 171 g/mol. The summed E-state index contributed by atoms with van der Waals surface area (Å²) in [5.74, 6) is 0. The molecule has 0 aliphatic carbocycles. The minimum Gasteiger partial charge on any atom is -0.416 e. The number of rotatable bonds is 3. The molecular formula is C9H19OSi. The van der Waals surface area contributed by atoms with E-state index in [9.17, 15) is 0 Å².